The van der Waals surface area contributed by atoms with Gasteiger partial charge in [0.1, 0.15) is 0 Å². The topological polar surface area (TPSA) is 83.0 Å². The van der Waals surface area contributed by atoms with E-state index in [9.17, 15) is 0 Å². The first kappa shape index (κ1) is 10.8. The van der Waals surface area contributed by atoms with E-state index in [0.717, 1.165) is 6.42 Å². The lowest BCUT2D eigenvalue weighted by atomic mass is 10.1. The predicted molar refractivity (Wildman–Crippen MR) is 35.5 cm³/mol. The van der Waals surface area contributed by atoms with Crippen LogP contribution in [0.25, 0.3) is 0 Å². The van der Waals surface area contributed by atoms with Crippen LogP contribution in [0.5, 0.6) is 0 Å². The van der Waals surface area contributed by atoms with Crippen molar-refractivity contribution in [3.05, 3.63) is 0 Å². The van der Waals surface area contributed by atoms with Gasteiger partial charge in [-0.05, 0) is 6.42 Å². The lowest BCUT2D eigenvalue weighted by Gasteiger charge is -2.12. The summed E-state index contributed by atoms with van der Waals surface area (Å²) >= 11 is 0. The smallest absolute Gasteiger partial charge is 0.0759 e. The van der Waals surface area contributed by atoms with Gasteiger partial charge in [-0.25, -0.2) is 0 Å². The molecule has 0 fully saturated rings. The molecule has 4 N–H and O–H groups in total. The van der Waals surface area contributed by atoms with Gasteiger partial charge in [0.2, 0.25) is 0 Å². The Morgan fingerprint density at radius 2 is 1.64 bits per heavy atom. The summed E-state index contributed by atoms with van der Waals surface area (Å²) in [6.45, 7) is 2.61. The van der Waals surface area contributed by atoms with E-state index in [1.54, 1.807) is 11.3 Å². The maximum atomic E-state index is 8.06. The second-order valence-electron chi connectivity index (χ2n) is 2.08. The SMILES string of the molecule is CCC(CONO)CONO. The van der Waals surface area contributed by atoms with E-state index in [0.29, 0.717) is 13.2 Å². The molecule has 0 bridgehead atoms. The van der Waals surface area contributed by atoms with Crippen molar-refractivity contribution in [1.82, 2.24) is 11.3 Å². The van der Waals surface area contributed by atoms with Crippen molar-refractivity contribution in [3.63, 3.8) is 0 Å². The van der Waals surface area contributed by atoms with Crippen LogP contribution in [0.4, 0.5) is 0 Å². The first-order valence-electron chi connectivity index (χ1n) is 3.36. The maximum absolute atomic E-state index is 8.06. The van der Waals surface area contributed by atoms with Crippen molar-refractivity contribution in [2.24, 2.45) is 5.92 Å². The van der Waals surface area contributed by atoms with Crippen LogP contribution in [0.1, 0.15) is 13.3 Å². The highest BCUT2D eigenvalue weighted by Gasteiger charge is 2.06. The number of nitrogens with one attached hydrogen (secondary N) is 2. The predicted octanol–water partition coefficient (Wildman–Crippen LogP) is -0.167. The van der Waals surface area contributed by atoms with Gasteiger partial charge in [0.15, 0.2) is 0 Å². The second kappa shape index (κ2) is 7.86. The van der Waals surface area contributed by atoms with Crippen molar-refractivity contribution < 1.29 is 20.1 Å². The van der Waals surface area contributed by atoms with Crippen LogP contribution in [0.3, 0.4) is 0 Å². The molecule has 0 aliphatic rings. The average molecular weight is 166 g/mol. The summed E-state index contributed by atoms with van der Waals surface area (Å²) in [5.41, 5.74) is 3.14. The van der Waals surface area contributed by atoms with E-state index in [2.05, 4.69) is 9.68 Å². The van der Waals surface area contributed by atoms with Crippen LogP contribution in [-0.4, -0.2) is 23.6 Å². The zero-order chi connectivity index (χ0) is 8.53. The maximum Gasteiger partial charge on any atom is 0.0759 e. The van der Waals surface area contributed by atoms with Crippen molar-refractivity contribution in [3.8, 4) is 0 Å². The van der Waals surface area contributed by atoms with Gasteiger partial charge in [-0.1, -0.05) is 18.2 Å². The highest BCUT2D eigenvalue weighted by atomic mass is 16.8. The summed E-state index contributed by atoms with van der Waals surface area (Å²) in [7, 11) is 0. The minimum atomic E-state index is 0.134. The van der Waals surface area contributed by atoms with E-state index in [4.69, 9.17) is 10.4 Å². The quantitative estimate of drug-likeness (QED) is 0.393. The number of hydrogen-bond donors (Lipinski definition) is 4. The molecule has 0 radical (unpaired) electrons. The van der Waals surface area contributed by atoms with E-state index in [1.165, 1.54) is 0 Å². The minimum absolute atomic E-state index is 0.134. The zero-order valence-corrected chi connectivity index (χ0v) is 6.41. The summed E-state index contributed by atoms with van der Waals surface area (Å²) in [5, 5.41) is 16.1. The Balaban J connectivity index is 3.25. The number of hydrogen-bond acceptors (Lipinski definition) is 6. The lowest BCUT2D eigenvalue weighted by molar-refractivity contribution is -0.166. The Bertz CT molecular complexity index is 74.9. The van der Waals surface area contributed by atoms with E-state index in [1.807, 2.05) is 6.92 Å². The van der Waals surface area contributed by atoms with Crippen molar-refractivity contribution >= 4 is 0 Å². The second-order valence-corrected chi connectivity index (χ2v) is 2.08. The molecule has 0 aliphatic heterocycles. The molecule has 0 heterocycles. The molecule has 0 atom stereocenters. The van der Waals surface area contributed by atoms with Crippen LogP contribution in [0, 0.1) is 5.92 Å². The van der Waals surface area contributed by atoms with Gasteiger partial charge >= 0.3 is 0 Å². The molecule has 0 spiro atoms. The van der Waals surface area contributed by atoms with Gasteiger partial charge in [0, 0.05) is 5.92 Å². The van der Waals surface area contributed by atoms with Crippen molar-refractivity contribution in [1.29, 1.82) is 0 Å². The third-order valence-electron chi connectivity index (χ3n) is 1.34. The fourth-order valence-corrected chi connectivity index (χ4v) is 0.594. The Morgan fingerprint density at radius 1 is 1.18 bits per heavy atom. The normalized spacial score (nSPS) is 10.9. The van der Waals surface area contributed by atoms with Crippen molar-refractivity contribution in [2.45, 2.75) is 13.3 Å². The van der Waals surface area contributed by atoms with Crippen LogP contribution in [0.15, 0.2) is 0 Å². The molecule has 0 saturated carbocycles. The van der Waals surface area contributed by atoms with E-state index >= 15 is 0 Å². The summed E-state index contributed by atoms with van der Waals surface area (Å²) in [6.07, 6.45) is 0.837. The Morgan fingerprint density at radius 3 is 1.91 bits per heavy atom. The molecule has 6 heteroatoms. The summed E-state index contributed by atoms with van der Waals surface area (Å²) in [6, 6.07) is 0. The molecule has 0 aromatic rings. The van der Waals surface area contributed by atoms with Gasteiger partial charge in [0.25, 0.3) is 0 Å². The summed E-state index contributed by atoms with van der Waals surface area (Å²) in [4.78, 5) is 9.00. The first-order valence-corrected chi connectivity index (χ1v) is 3.36. The Kier molecular flexibility index (Phi) is 7.69. The van der Waals surface area contributed by atoms with E-state index in [-0.39, 0.29) is 5.92 Å². The molecule has 0 aliphatic carbocycles. The Labute approximate surface area is 64.9 Å². The van der Waals surface area contributed by atoms with Gasteiger partial charge in [-0.15, -0.1) is 0 Å². The molecular weight excluding hydrogens is 152 g/mol. The molecule has 6 nitrogen and oxygen atoms in total. The highest BCUT2D eigenvalue weighted by molar-refractivity contribution is 4.51. The molecular formula is C5H14N2O4. The van der Waals surface area contributed by atoms with Crippen LogP contribution < -0.4 is 11.3 Å². The molecule has 0 saturated heterocycles. The third kappa shape index (κ3) is 6.17. The molecule has 68 valence electrons. The van der Waals surface area contributed by atoms with Crippen LogP contribution >= 0.6 is 0 Å². The Hall–Kier alpha value is -0.240. The monoisotopic (exact) mass is 166 g/mol. The summed E-state index contributed by atoms with van der Waals surface area (Å²) < 4.78 is 0. The lowest BCUT2D eigenvalue weighted by Crippen LogP contribution is -2.23. The third-order valence-corrected chi connectivity index (χ3v) is 1.34. The van der Waals surface area contributed by atoms with Crippen LogP contribution in [0.2, 0.25) is 0 Å². The average Bonchev–Trinajstić information content (AvgIpc) is 2.05. The molecule has 11 heavy (non-hydrogen) atoms. The van der Waals surface area contributed by atoms with Gasteiger partial charge < -0.3 is 0 Å². The fourth-order valence-electron chi connectivity index (χ4n) is 0.594. The highest BCUT2D eigenvalue weighted by Crippen LogP contribution is 2.01. The van der Waals surface area contributed by atoms with Gasteiger partial charge in [-0.3, -0.25) is 20.1 Å². The molecule has 0 amide bonds. The fraction of sp³-hybridized carbons (Fsp3) is 1.00. The zero-order valence-electron chi connectivity index (χ0n) is 6.41. The minimum Gasteiger partial charge on any atom is -0.292 e. The van der Waals surface area contributed by atoms with Gasteiger partial charge in [0.05, 0.1) is 13.2 Å². The summed E-state index contributed by atoms with van der Waals surface area (Å²) in [5.74, 6) is 0.134. The van der Waals surface area contributed by atoms with Crippen molar-refractivity contribution in [2.75, 3.05) is 13.2 Å². The molecule has 0 unspecified atom stereocenters. The standard InChI is InChI=1S/C5H14N2O4/c1-2-5(3-10-6-8)4-11-7-9/h5-9H,2-4H2,1H3. The molecule has 0 aromatic carbocycles. The molecule has 0 aromatic heterocycles. The van der Waals surface area contributed by atoms with E-state index < -0.39 is 0 Å². The first-order chi connectivity index (χ1) is 5.35. The molecule has 0 rings (SSSR count). The van der Waals surface area contributed by atoms with Gasteiger partial charge in [-0.2, -0.15) is 0 Å². The number of rotatable bonds is 7. The van der Waals surface area contributed by atoms with Crippen LogP contribution in [-0.2, 0) is 9.68 Å². The largest absolute Gasteiger partial charge is 0.292 e.